The molecule has 1 heterocycles. The predicted octanol–water partition coefficient (Wildman–Crippen LogP) is 5.12. The van der Waals surface area contributed by atoms with E-state index in [0.717, 1.165) is 29.9 Å². The van der Waals surface area contributed by atoms with Crippen LogP contribution in [0.5, 0.6) is 0 Å². The minimum absolute atomic E-state index is 0.113. The summed E-state index contributed by atoms with van der Waals surface area (Å²) >= 11 is 0. The van der Waals surface area contributed by atoms with E-state index in [-0.39, 0.29) is 6.03 Å². The van der Waals surface area contributed by atoms with E-state index in [1.165, 1.54) is 5.56 Å². The fourth-order valence-electron chi connectivity index (χ4n) is 2.90. The largest absolute Gasteiger partial charge is 0.467 e. The highest BCUT2D eigenvalue weighted by atomic mass is 16.3. The molecule has 0 unspecified atom stereocenters. The Hall–Kier alpha value is -3.01. The lowest BCUT2D eigenvalue weighted by Gasteiger charge is -2.23. The van der Waals surface area contributed by atoms with Crippen molar-refractivity contribution < 1.29 is 9.21 Å². The number of urea groups is 1. The van der Waals surface area contributed by atoms with Crippen LogP contribution in [-0.4, -0.2) is 17.5 Å². The Balaban J connectivity index is 1.72. The normalized spacial score (nSPS) is 10.5. The number of rotatable bonds is 7. The molecular weight excluding hydrogens is 324 g/mol. The Morgan fingerprint density at radius 2 is 1.77 bits per heavy atom. The Morgan fingerprint density at radius 3 is 2.50 bits per heavy atom. The van der Waals surface area contributed by atoms with Gasteiger partial charge in [-0.1, -0.05) is 55.5 Å². The summed E-state index contributed by atoms with van der Waals surface area (Å²) in [5.41, 5.74) is 3.20. The van der Waals surface area contributed by atoms with Crippen molar-refractivity contribution in [2.24, 2.45) is 0 Å². The van der Waals surface area contributed by atoms with E-state index in [0.29, 0.717) is 13.1 Å². The summed E-state index contributed by atoms with van der Waals surface area (Å²) in [7, 11) is 0. The van der Waals surface area contributed by atoms with Crippen LogP contribution < -0.4 is 5.32 Å². The van der Waals surface area contributed by atoms with Gasteiger partial charge in [-0.25, -0.2) is 4.79 Å². The number of para-hydroxylation sites is 1. The van der Waals surface area contributed by atoms with Crippen LogP contribution >= 0.6 is 0 Å². The van der Waals surface area contributed by atoms with Gasteiger partial charge in [0.25, 0.3) is 0 Å². The van der Waals surface area contributed by atoms with Crippen LogP contribution in [0.3, 0.4) is 0 Å². The maximum Gasteiger partial charge on any atom is 0.322 e. The Kier molecular flexibility index (Phi) is 6.09. The fourth-order valence-corrected chi connectivity index (χ4v) is 2.90. The Bertz CT molecular complexity index is 813. The summed E-state index contributed by atoms with van der Waals surface area (Å²) in [6, 6.07) is 21.7. The second-order valence-electron chi connectivity index (χ2n) is 6.18. The van der Waals surface area contributed by atoms with Gasteiger partial charge in [-0.05, 0) is 42.2 Å². The Labute approximate surface area is 154 Å². The van der Waals surface area contributed by atoms with E-state index < -0.39 is 0 Å². The molecule has 0 aliphatic heterocycles. The van der Waals surface area contributed by atoms with Gasteiger partial charge in [0, 0.05) is 12.2 Å². The van der Waals surface area contributed by atoms with Gasteiger partial charge >= 0.3 is 6.03 Å². The van der Waals surface area contributed by atoms with E-state index in [9.17, 15) is 4.79 Å². The first kappa shape index (κ1) is 17.8. The van der Waals surface area contributed by atoms with E-state index in [4.69, 9.17) is 4.42 Å². The van der Waals surface area contributed by atoms with Gasteiger partial charge in [-0.15, -0.1) is 0 Å². The molecule has 0 bridgehead atoms. The molecule has 3 rings (SSSR count). The second kappa shape index (κ2) is 8.90. The van der Waals surface area contributed by atoms with Crippen molar-refractivity contribution >= 4 is 11.7 Å². The minimum Gasteiger partial charge on any atom is -0.467 e. The number of aryl methyl sites for hydroxylation is 1. The lowest BCUT2D eigenvalue weighted by Crippen LogP contribution is -2.36. The number of nitrogens with zero attached hydrogens (tertiary/aromatic N) is 1. The third-order valence-electron chi connectivity index (χ3n) is 4.37. The van der Waals surface area contributed by atoms with Crippen LogP contribution in [0.4, 0.5) is 10.5 Å². The average Bonchev–Trinajstić information content (AvgIpc) is 3.19. The summed E-state index contributed by atoms with van der Waals surface area (Å²) < 4.78 is 5.44. The van der Waals surface area contributed by atoms with Crippen molar-refractivity contribution in [3.8, 4) is 0 Å². The molecule has 0 aliphatic carbocycles. The summed E-state index contributed by atoms with van der Waals surface area (Å²) in [6.07, 6.45) is 3.30. The lowest BCUT2D eigenvalue weighted by atomic mass is 10.1. The first-order valence-electron chi connectivity index (χ1n) is 8.96. The number of amides is 2. The van der Waals surface area contributed by atoms with E-state index in [1.54, 1.807) is 11.2 Å². The monoisotopic (exact) mass is 348 g/mol. The molecule has 134 valence electrons. The molecule has 26 heavy (non-hydrogen) atoms. The lowest BCUT2D eigenvalue weighted by molar-refractivity contribution is 0.205. The van der Waals surface area contributed by atoms with Gasteiger partial charge < -0.3 is 14.6 Å². The van der Waals surface area contributed by atoms with Crippen LogP contribution in [0.2, 0.25) is 0 Å². The highest BCUT2D eigenvalue weighted by Gasteiger charge is 2.16. The number of hydrogen-bond donors (Lipinski definition) is 1. The number of benzene rings is 2. The average molecular weight is 348 g/mol. The molecule has 0 radical (unpaired) electrons. The highest BCUT2D eigenvalue weighted by Crippen LogP contribution is 2.17. The second-order valence-corrected chi connectivity index (χ2v) is 6.18. The fraction of sp³-hybridized carbons (Fsp3) is 0.227. The zero-order valence-corrected chi connectivity index (χ0v) is 15.0. The van der Waals surface area contributed by atoms with Gasteiger partial charge in [-0.2, -0.15) is 0 Å². The first-order chi connectivity index (χ1) is 12.8. The molecule has 4 nitrogen and oxygen atoms in total. The van der Waals surface area contributed by atoms with Crippen molar-refractivity contribution in [1.82, 2.24) is 4.90 Å². The number of furan rings is 1. The van der Waals surface area contributed by atoms with Gasteiger partial charge in [0.15, 0.2) is 0 Å². The summed E-state index contributed by atoms with van der Waals surface area (Å²) in [5, 5.41) is 3.06. The maximum atomic E-state index is 12.9. The maximum absolute atomic E-state index is 12.9. The minimum atomic E-state index is -0.113. The molecule has 1 N–H and O–H groups in total. The molecule has 0 aliphatic rings. The van der Waals surface area contributed by atoms with Crippen molar-refractivity contribution in [3.63, 3.8) is 0 Å². The zero-order chi connectivity index (χ0) is 18.2. The van der Waals surface area contributed by atoms with Gasteiger partial charge in [0.05, 0.1) is 12.8 Å². The third-order valence-corrected chi connectivity index (χ3v) is 4.37. The predicted molar refractivity (Wildman–Crippen MR) is 104 cm³/mol. The number of anilines is 1. The molecule has 0 fully saturated rings. The summed E-state index contributed by atoms with van der Waals surface area (Å²) in [6.45, 7) is 3.14. The highest BCUT2D eigenvalue weighted by molar-refractivity contribution is 5.90. The molecule has 0 saturated heterocycles. The molecule has 2 aromatic carbocycles. The molecule has 0 saturated carbocycles. The number of hydrogen-bond acceptors (Lipinski definition) is 2. The topological polar surface area (TPSA) is 45.5 Å². The molecule has 4 heteroatoms. The quantitative estimate of drug-likeness (QED) is 0.644. The molecule has 3 aromatic rings. The van der Waals surface area contributed by atoms with E-state index in [2.05, 4.69) is 24.4 Å². The van der Waals surface area contributed by atoms with Crippen LogP contribution in [0, 0.1) is 0 Å². The van der Waals surface area contributed by atoms with Crippen LogP contribution in [0.1, 0.15) is 23.8 Å². The van der Waals surface area contributed by atoms with Crippen molar-refractivity contribution in [2.45, 2.75) is 26.3 Å². The smallest absolute Gasteiger partial charge is 0.322 e. The number of carbonyl (C=O) groups excluding carboxylic acids is 1. The molecule has 0 spiro atoms. The van der Waals surface area contributed by atoms with Crippen molar-refractivity contribution in [2.75, 3.05) is 11.9 Å². The van der Waals surface area contributed by atoms with Crippen LogP contribution in [-0.2, 0) is 19.4 Å². The molecule has 0 atom stereocenters. The van der Waals surface area contributed by atoms with E-state index in [1.807, 2.05) is 54.6 Å². The molecule has 1 aromatic heterocycles. The number of nitrogens with one attached hydrogen (secondary N) is 1. The summed E-state index contributed by atoms with van der Waals surface area (Å²) in [4.78, 5) is 14.7. The van der Waals surface area contributed by atoms with Crippen molar-refractivity contribution in [1.29, 1.82) is 0 Å². The van der Waals surface area contributed by atoms with E-state index >= 15 is 0 Å². The summed E-state index contributed by atoms with van der Waals surface area (Å²) in [5.74, 6) is 0.775. The van der Waals surface area contributed by atoms with Gasteiger partial charge in [-0.3, -0.25) is 0 Å². The molecule has 2 amide bonds. The van der Waals surface area contributed by atoms with Gasteiger partial charge in [0.1, 0.15) is 5.76 Å². The number of carbonyl (C=O) groups is 1. The SMILES string of the molecule is CCc1ccccc1NC(=O)N(CCc1ccccc1)Cc1ccco1. The third kappa shape index (κ3) is 4.76. The van der Waals surface area contributed by atoms with Gasteiger partial charge in [0.2, 0.25) is 0 Å². The molecular formula is C22H24N2O2. The van der Waals surface area contributed by atoms with Crippen LogP contribution in [0.25, 0.3) is 0 Å². The first-order valence-corrected chi connectivity index (χ1v) is 8.96. The van der Waals surface area contributed by atoms with Crippen molar-refractivity contribution in [3.05, 3.63) is 89.9 Å². The Morgan fingerprint density at radius 1 is 1.00 bits per heavy atom. The standard InChI is InChI=1S/C22H24N2O2/c1-2-19-11-6-7-13-21(19)23-22(25)24(17-20-12-8-16-26-20)15-14-18-9-4-3-5-10-18/h3-13,16H,2,14-15,17H2,1H3,(H,23,25). The van der Waals surface area contributed by atoms with Crippen LogP contribution in [0.15, 0.2) is 77.4 Å². The zero-order valence-electron chi connectivity index (χ0n) is 15.0.